The van der Waals surface area contributed by atoms with Crippen molar-refractivity contribution in [1.29, 1.82) is 0 Å². The minimum Gasteiger partial charge on any atom is -0.484 e. The topological polar surface area (TPSA) is 90.4 Å². The van der Waals surface area contributed by atoms with E-state index < -0.39 is 4.92 Å². The fourth-order valence-electron chi connectivity index (χ4n) is 1.90. The van der Waals surface area contributed by atoms with Crippen molar-refractivity contribution in [2.75, 3.05) is 11.9 Å². The SMILES string of the molecule is CCC(N)(CC)CNc1ccc([N+](=O)[O-])c(OC(C)C)c1. The van der Waals surface area contributed by atoms with Crippen LogP contribution in [-0.2, 0) is 0 Å². The highest BCUT2D eigenvalue weighted by Gasteiger charge is 2.21. The van der Waals surface area contributed by atoms with E-state index >= 15 is 0 Å². The van der Waals surface area contributed by atoms with Crippen molar-refractivity contribution in [3.8, 4) is 5.75 Å². The average Bonchev–Trinajstić information content (AvgIpc) is 2.44. The van der Waals surface area contributed by atoms with Gasteiger partial charge in [0.1, 0.15) is 0 Å². The molecule has 118 valence electrons. The monoisotopic (exact) mass is 295 g/mol. The lowest BCUT2D eigenvalue weighted by Crippen LogP contribution is -2.45. The maximum absolute atomic E-state index is 11.0. The summed E-state index contributed by atoms with van der Waals surface area (Å²) in [7, 11) is 0. The van der Waals surface area contributed by atoms with Gasteiger partial charge in [0.05, 0.1) is 11.0 Å². The molecule has 1 aromatic rings. The van der Waals surface area contributed by atoms with Crippen LogP contribution in [0.4, 0.5) is 11.4 Å². The van der Waals surface area contributed by atoms with E-state index in [1.807, 2.05) is 27.7 Å². The van der Waals surface area contributed by atoms with Crippen LogP contribution in [0.5, 0.6) is 5.75 Å². The van der Waals surface area contributed by atoms with Crippen molar-refractivity contribution in [3.63, 3.8) is 0 Å². The van der Waals surface area contributed by atoms with Gasteiger partial charge in [0.25, 0.3) is 0 Å². The Hall–Kier alpha value is -1.82. The Kier molecular flexibility index (Phi) is 5.96. The molecule has 0 fully saturated rings. The summed E-state index contributed by atoms with van der Waals surface area (Å²) in [5, 5.41) is 14.2. The third-order valence-electron chi connectivity index (χ3n) is 3.57. The highest BCUT2D eigenvalue weighted by Crippen LogP contribution is 2.31. The van der Waals surface area contributed by atoms with E-state index in [2.05, 4.69) is 5.32 Å². The number of rotatable bonds is 8. The predicted molar refractivity (Wildman–Crippen MR) is 84.9 cm³/mol. The van der Waals surface area contributed by atoms with Crippen LogP contribution in [0.3, 0.4) is 0 Å². The van der Waals surface area contributed by atoms with E-state index in [-0.39, 0.29) is 23.1 Å². The summed E-state index contributed by atoms with van der Waals surface area (Å²) < 4.78 is 5.52. The van der Waals surface area contributed by atoms with E-state index in [4.69, 9.17) is 10.5 Å². The van der Waals surface area contributed by atoms with Crippen molar-refractivity contribution in [3.05, 3.63) is 28.3 Å². The standard InChI is InChI=1S/C15H25N3O3/c1-5-15(16,6-2)10-17-12-7-8-13(18(19)20)14(9-12)21-11(3)4/h7-9,11,17H,5-6,10,16H2,1-4H3. The molecule has 3 N–H and O–H groups in total. The van der Waals surface area contributed by atoms with E-state index in [0.29, 0.717) is 6.54 Å². The summed E-state index contributed by atoms with van der Waals surface area (Å²) >= 11 is 0. The lowest BCUT2D eigenvalue weighted by Gasteiger charge is -2.27. The Morgan fingerprint density at radius 1 is 1.38 bits per heavy atom. The second-order valence-corrected chi connectivity index (χ2v) is 5.53. The summed E-state index contributed by atoms with van der Waals surface area (Å²) in [6, 6.07) is 4.79. The van der Waals surface area contributed by atoms with Crippen LogP contribution in [0.1, 0.15) is 40.5 Å². The van der Waals surface area contributed by atoms with Gasteiger partial charge in [-0.05, 0) is 32.8 Å². The van der Waals surface area contributed by atoms with Crippen LogP contribution in [0, 0.1) is 10.1 Å². The summed E-state index contributed by atoms with van der Waals surface area (Å²) in [5.74, 6) is 0.274. The molecule has 6 nitrogen and oxygen atoms in total. The molecule has 1 aromatic carbocycles. The molecule has 6 heteroatoms. The van der Waals surface area contributed by atoms with Crippen LogP contribution in [0.25, 0.3) is 0 Å². The molecular weight excluding hydrogens is 270 g/mol. The molecule has 0 radical (unpaired) electrons. The van der Waals surface area contributed by atoms with Gasteiger partial charge < -0.3 is 15.8 Å². The number of hydrogen-bond donors (Lipinski definition) is 2. The number of nitro benzene ring substituents is 1. The zero-order chi connectivity index (χ0) is 16.0. The first-order valence-corrected chi connectivity index (χ1v) is 7.29. The molecule has 0 saturated carbocycles. The molecule has 0 amide bonds. The van der Waals surface area contributed by atoms with Gasteiger partial charge in [-0.1, -0.05) is 13.8 Å². The van der Waals surface area contributed by atoms with Gasteiger partial charge in [-0.3, -0.25) is 10.1 Å². The molecule has 0 bridgehead atoms. The van der Waals surface area contributed by atoms with Crippen molar-refractivity contribution >= 4 is 11.4 Å². The zero-order valence-electron chi connectivity index (χ0n) is 13.2. The first-order chi connectivity index (χ1) is 9.81. The first kappa shape index (κ1) is 17.2. The maximum atomic E-state index is 11.0. The van der Waals surface area contributed by atoms with Gasteiger partial charge in [0.15, 0.2) is 5.75 Å². The molecule has 1 rings (SSSR count). The van der Waals surface area contributed by atoms with Gasteiger partial charge in [-0.15, -0.1) is 0 Å². The summed E-state index contributed by atoms with van der Waals surface area (Å²) in [4.78, 5) is 10.6. The minimum atomic E-state index is -0.438. The lowest BCUT2D eigenvalue weighted by atomic mass is 9.94. The Morgan fingerprint density at radius 2 is 2.00 bits per heavy atom. The van der Waals surface area contributed by atoms with Crippen molar-refractivity contribution in [1.82, 2.24) is 0 Å². The number of anilines is 1. The average molecular weight is 295 g/mol. The summed E-state index contributed by atoms with van der Waals surface area (Å²) in [6.07, 6.45) is 1.59. The molecule has 0 heterocycles. The number of nitro groups is 1. The van der Waals surface area contributed by atoms with E-state index in [9.17, 15) is 10.1 Å². The Balaban J connectivity index is 2.92. The van der Waals surface area contributed by atoms with Crippen LogP contribution in [0.15, 0.2) is 18.2 Å². The van der Waals surface area contributed by atoms with Crippen LogP contribution < -0.4 is 15.8 Å². The highest BCUT2D eigenvalue weighted by atomic mass is 16.6. The van der Waals surface area contributed by atoms with Crippen LogP contribution in [-0.4, -0.2) is 23.1 Å². The second-order valence-electron chi connectivity index (χ2n) is 5.53. The molecule has 0 unspecified atom stereocenters. The molecule has 0 aromatic heterocycles. The number of nitrogens with two attached hydrogens (primary N) is 1. The fraction of sp³-hybridized carbons (Fsp3) is 0.600. The minimum absolute atomic E-state index is 0.0285. The molecule has 0 saturated heterocycles. The van der Waals surface area contributed by atoms with Crippen LogP contribution in [0.2, 0.25) is 0 Å². The molecule has 0 aliphatic carbocycles. The first-order valence-electron chi connectivity index (χ1n) is 7.29. The van der Waals surface area contributed by atoms with Gasteiger partial charge in [0.2, 0.25) is 0 Å². The third kappa shape index (κ3) is 4.90. The Morgan fingerprint density at radius 3 is 2.48 bits per heavy atom. The van der Waals surface area contributed by atoms with Crippen molar-refractivity contribution < 1.29 is 9.66 Å². The largest absolute Gasteiger partial charge is 0.484 e. The highest BCUT2D eigenvalue weighted by molar-refractivity contribution is 5.58. The predicted octanol–water partition coefficient (Wildman–Crippen LogP) is 3.31. The number of nitrogens with one attached hydrogen (secondary N) is 1. The van der Waals surface area contributed by atoms with E-state index in [1.54, 1.807) is 12.1 Å². The summed E-state index contributed by atoms with van der Waals surface area (Å²) in [5.41, 5.74) is 6.71. The Bertz CT molecular complexity index is 485. The Labute approximate surface area is 125 Å². The van der Waals surface area contributed by atoms with E-state index in [1.165, 1.54) is 6.07 Å². The molecule has 0 aliphatic heterocycles. The third-order valence-corrected chi connectivity index (χ3v) is 3.57. The smallest absolute Gasteiger partial charge is 0.311 e. The second kappa shape index (κ2) is 7.26. The lowest BCUT2D eigenvalue weighted by molar-refractivity contribution is -0.386. The van der Waals surface area contributed by atoms with E-state index in [0.717, 1.165) is 18.5 Å². The van der Waals surface area contributed by atoms with Gasteiger partial charge >= 0.3 is 5.69 Å². The fourth-order valence-corrected chi connectivity index (χ4v) is 1.90. The number of benzene rings is 1. The molecular formula is C15H25N3O3. The maximum Gasteiger partial charge on any atom is 0.311 e. The normalized spacial score (nSPS) is 11.5. The zero-order valence-corrected chi connectivity index (χ0v) is 13.2. The van der Waals surface area contributed by atoms with Gasteiger partial charge in [-0.2, -0.15) is 0 Å². The van der Waals surface area contributed by atoms with Gasteiger partial charge in [0, 0.05) is 29.9 Å². The molecule has 0 spiro atoms. The summed E-state index contributed by atoms with van der Waals surface area (Å²) in [6.45, 7) is 8.38. The van der Waals surface area contributed by atoms with Crippen LogP contribution >= 0.6 is 0 Å². The molecule has 0 aliphatic rings. The van der Waals surface area contributed by atoms with Crippen molar-refractivity contribution in [2.45, 2.75) is 52.2 Å². The number of hydrogen-bond acceptors (Lipinski definition) is 5. The molecule has 21 heavy (non-hydrogen) atoms. The number of ether oxygens (including phenoxy) is 1. The quantitative estimate of drug-likeness (QED) is 0.567. The molecule has 0 atom stereocenters. The number of nitrogens with zero attached hydrogens (tertiary/aromatic N) is 1. The van der Waals surface area contributed by atoms with Crippen molar-refractivity contribution in [2.24, 2.45) is 5.73 Å². The van der Waals surface area contributed by atoms with Gasteiger partial charge in [-0.25, -0.2) is 0 Å².